The number of nitrogens with two attached hydrogens (primary N) is 1. The van der Waals surface area contributed by atoms with Crippen molar-refractivity contribution in [3.05, 3.63) is 34.2 Å². The van der Waals surface area contributed by atoms with E-state index in [9.17, 15) is 9.59 Å². The maximum atomic E-state index is 11.9. The summed E-state index contributed by atoms with van der Waals surface area (Å²) in [6.07, 6.45) is 5.62. The average molecular weight is 307 g/mol. The van der Waals surface area contributed by atoms with Crippen molar-refractivity contribution in [2.75, 3.05) is 20.3 Å². The molecule has 0 aromatic carbocycles. The molecule has 2 atom stereocenters. The van der Waals surface area contributed by atoms with Gasteiger partial charge in [0, 0.05) is 39.6 Å². The SMILES string of the molecule is COCCCC1CCCN(C(N)=O)C1c1ccn(C)c(=O)c1. The number of carbonyl (C=O) groups is 1. The third-order valence-electron chi connectivity index (χ3n) is 4.43. The van der Waals surface area contributed by atoms with E-state index in [1.54, 1.807) is 31.3 Å². The predicted octanol–water partition coefficient (Wildman–Crippen LogP) is 1.64. The average Bonchev–Trinajstić information content (AvgIpc) is 2.50. The second-order valence-corrected chi connectivity index (χ2v) is 5.92. The van der Waals surface area contributed by atoms with Gasteiger partial charge in [-0.15, -0.1) is 0 Å². The van der Waals surface area contributed by atoms with Crippen molar-refractivity contribution in [1.82, 2.24) is 9.47 Å². The van der Waals surface area contributed by atoms with E-state index < -0.39 is 6.03 Å². The predicted molar refractivity (Wildman–Crippen MR) is 84.5 cm³/mol. The lowest BCUT2D eigenvalue weighted by atomic mass is 9.82. The first-order valence-corrected chi connectivity index (χ1v) is 7.76. The van der Waals surface area contributed by atoms with E-state index in [1.165, 1.54) is 4.57 Å². The lowest BCUT2D eigenvalue weighted by molar-refractivity contribution is 0.105. The first-order valence-electron chi connectivity index (χ1n) is 7.76. The highest BCUT2D eigenvalue weighted by Crippen LogP contribution is 2.38. The number of aryl methyl sites for hydroxylation is 1. The molecule has 1 aromatic rings. The highest BCUT2D eigenvalue weighted by molar-refractivity contribution is 5.72. The van der Waals surface area contributed by atoms with Crippen LogP contribution in [0.4, 0.5) is 4.79 Å². The molecule has 2 heterocycles. The minimum absolute atomic E-state index is 0.0665. The van der Waals surface area contributed by atoms with Crippen LogP contribution in [0.5, 0.6) is 0 Å². The molecule has 2 rings (SSSR count). The van der Waals surface area contributed by atoms with Crippen LogP contribution in [0.1, 0.15) is 37.3 Å². The van der Waals surface area contributed by atoms with Crippen molar-refractivity contribution < 1.29 is 9.53 Å². The number of urea groups is 1. The van der Waals surface area contributed by atoms with Crippen LogP contribution in [0.15, 0.2) is 23.1 Å². The molecule has 0 bridgehead atoms. The molecule has 0 saturated carbocycles. The number of likely N-dealkylation sites (tertiary alicyclic amines) is 1. The van der Waals surface area contributed by atoms with Crippen molar-refractivity contribution >= 4 is 6.03 Å². The van der Waals surface area contributed by atoms with Crippen LogP contribution in [-0.4, -0.2) is 35.8 Å². The van der Waals surface area contributed by atoms with Crippen LogP contribution >= 0.6 is 0 Å². The Morgan fingerprint density at radius 2 is 2.27 bits per heavy atom. The molecule has 22 heavy (non-hydrogen) atoms. The normalized spacial score (nSPS) is 21.8. The number of hydrogen-bond donors (Lipinski definition) is 1. The summed E-state index contributed by atoms with van der Waals surface area (Å²) in [4.78, 5) is 25.4. The maximum Gasteiger partial charge on any atom is 0.315 e. The summed E-state index contributed by atoms with van der Waals surface area (Å²) < 4.78 is 6.65. The zero-order chi connectivity index (χ0) is 16.1. The van der Waals surface area contributed by atoms with E-state index >= 15 is 0 Å². The van der Waals surface area contributed by atoms with E-state index in [-0.39, 0.29) is 11.6 Å². The molecule has 2 amide bonds. The Kier molecular flexibility index (Phi) is 5.60. The van der Waals surface area contributed by atoms with Gasteiger partial charge in [-0.3, -0.25) is 4.79 Å². The number of primary amides is 1. The Hall–Kier alpha value is -1.82. The van der Waals surface area contributed by atoms with Gasteiger partial charge >= 0.3 is 6.03 Å². The van der Waals surface area contributed by atoms with Crippen molar-refractivity contribution in [3.63, 3.8) is 0 Å². The second kappa shape index (κ2) is 7.45. The lowest BCUT2D eigenvalue weighted by Crippen LogP contribution is -2.45. The van der Waals surface area contributed by atoms with Crippen LogP contribution in [0.3, 0.4) is 0 Å². The van der Waals surface area contributed by atoms with Gasteiger partial charge in [0.1, 0.15) is 0 Å². The number of ether oxygens (including phenoxy) is 1. The van der Waals surface area contributed by atoms with Crippen molar-refractivity contribution in [2.45, 2.75) is 31.7 Å². The number of methoxy groups -OCH3 is 1. The Bertz CT molecular complexity index is 570. The molecular weight excluding hydrogens is 282 g/mol. The minimum Gasteiger partial charge on any atom is -0.385 e. The van der Waals surface area contributed by atoms with Gasteiger partial charge in [0.2, 0.25) is 0 Å². The smallest absolute Gasteiger partial charge is 0.315 e. The highest BCUT2D eigenvalue weighted by Gasteiger charge is 2.34. The Morgan fingerprint density at radius 1 is 1.50 bits per heavy atom. The van der Waals surface area contributed by atoms with E-state index in [4.69, 9.17) is 10.5 Å². The summed E-state index contributed by atoms with van der Waals surface area (Å²) in [5.41, 5.74) is 6.37. The van der Waals surface area contributed by atoms with Gasteiger partial charge in [-0.25, -0.2) is 4.79 Å². The molecule has 1 aliphatic heterocycles. The quantitative estimate of drug-likeness (QED) is 0.840. The van der Waals surface area contributed by atoms with Gasteiger partial charge in [0.25, 0.3) is 5.56 Å². The zero-order valence-electron chi connectivity index (χ0n) is 13.3. The van der Waals surface area contributed by atoms with Crippen LogP contribution in [-0.2, 0) is 11.8 Å². The fourth-order valence-electron chi connectivity index (χ4n) is 3.31. The van der Waals surface area contributed by atoms with Crippen LogP contribution in [0.25, 0.3) is 0 Å². The number of amides is 2. The Balaban J connectivity index is 2.29. The Labute approximate surface area is 130 Å². The van der Waals surface area contributed by atoms with Gasteiger partial charge in [0.05, 0.1) is 6.04 Å². The van der Waals surface area contributed by atoms with Crippen molar-refractivity contribution in [3.8, 4) is 0 Å². The fourth-order valence-corrected chi connectivity index (χ4v) is 3.31. The summed E-state index contributed by atoms with van der Waals surface area (Å²) in [7, 11) is 3.41. The van der Waals surface area contributed by atoms with E-state index in [0.717, 1.165) is 31.2 Å². The molecule has 6 nitrogen and oxygen atoms in total. The molecule has 2 unspecified atom stereocenters. The van der Waals surface area contributed by atoms with E-state index in [0.29, 0.717) is 19.1 Å². The fraction of sp³-hybridized carbons (Fsp3) is 0.625. The molecule has 0 radical (unpaired) electrons. The summed E-state index contributed by atoms with van der Waals surface area (Å²) in [6.45, 7) is 1.35. The number of nitrogens with zero attached hydrogens (tertiary/aromatic N) is 2. The molecule has 2 N–H and O–H groups in total. The molecule has 1 aliphatic rings. The summed E-state index contributed by atoms with van der Waals surface area (Å²) >= 11 is 0. The molecule has 0 spiro atoms. The van der Waals surface area contributed by atoms with Crippen LogP contribution in [0.2, 0.25) is 0 Å². The molecular formula is C16H25N3O3. The Morgan fingerprint density at radius 3 is 2.91 bits per heavy atom. The number of piperidine rings is 1. The standard InChI is InChI=1S/C16H25N3O3/c1-18-9-7-13(11-14(18)20)15-12(6-4-10-22-2)5-3-8-19(15)16(17)21/h7,9,11-12,15H,3-6,8,10H2,1-2H3,(H2,17,21). The highest BCUT2D eigenvalue weighted by atomic mass is 16.5. The molecule has 1 aromatic heterocycles. The van der Waals surface area contributed by atoms with Gasteiger partial charge in [0.15, 0.2) is 0 Å². The van der Waals surface area contributed by atoms with E-state index in [2.05, 4.69) is 0 Å². The maximum absolute atomic E-state index is 11.9. The van der Waals surface area contributed by atoms with E-state index in [1.807, 2.05) is 6.07 Å². The van der Waals surface area contributed by atoms with Crippen LogP contribution < -0.4 is 11.3 Å². The van der Waals surface area contributed by atoms with Gasteiger partial charge < -0.3 is 19.9 Å². The number of rotatable bonds is 5. The van der Waals surface area contributed by atoms with Crippen molar-refractivity contribution in [2.24, 2.45) is 18.7 Å². The molecule has 1 saturated heterocycles. The topological polar surface area (TPSA) is 77.6 Å². The molecule has 1 fully saturated rings. The molecule has 6 heteroatoms. The molecule has 0 aliphatic carbocycles. The third-order valence-corrected chi connectivity index (χ3v) is 4.43. The lowest BCUT2D eigenvalue weighted by Gasteiger charge is -2.41. The number of carbonyl (C=O) groups excluding carboxylic acids is 1. The van der Waals surface area contributed by atoms with Gasteiger partial charge in [-0.2, -0.15) is 0 Å². The van der Waals surface area contributed by atoms with Gasteiger partial charge in [-0.1, -0.05) is 0 Å². The summed E-state index contributed by atoms with van der Waals surface area (Å²) in [5, 5.41) is 0. The third kappa shape index (κ3) is 3.68. The zero-order valence-corrected chi connectivity index (χ0v) is 13.3. The van der Waals surface area contributed by atoms with Crippen molar-refractivity contribution in [1.29, 1.82) is 0 Å². The first kappa shape index (κ1) is 16.5. The minimum atomic E-state index is -0.415. The summed E-state index contributed by atoms with van der Waals surface area (Å²) in [6, 6.07) is 3.01. The number of aromatic nitrogens is 1. The number of hydrogen-bond acceptors (Lipinski definition) is 3. The first-order chi connectivity index (χ1) is 10.5. The number of pyridine rings is 1. The molecule has 122 valence electrons. The monoisotopic (exact) mass is 307 g/mol. The largest absolute Gasteiger partial charge is 0.385 e. The summed E-state index contributed by atoms with van der Waals surface area (Å²) in [5.74, 6) is 0.309. The van der Waals surface area contributed by atoms with Crippen LogP contribution in [0, 0.1) is 5.92 Å². The second-order valence-electron chi connectivity index (χ2n) is 5.92. The van der Waals surface area contributed by atoms with Gasteiger partial charge in [-0.05, 0) is 43.2 Å².